The highest BCUT2D eigenvalue weighted by Gasteiger charge is 2.40. The van der Waals surface area contributed by atoms with Gasteiger partial charge in [0.15, 0.2) is 0 Å². The van der Waals surface area contributed by atoms with E-state index in [2.05, 4.69) is 10.3 Å². The molecule has 1 aliphatic rings. The van der Waals surface area contributed by atoms with E-state index in [0.717, 1.165) is 11.0 Å². The smallest absolute Gasteiger partial charge is 0.433 e. The molecule has 9 nitrogen and oxygen atoms in total. The lowest BCUT2D eigenvalue weighted by molar-refractivity contribution is -0.141. The summed E-state index contributed by atoms with van der Waals surface area (Å²) in [4.78, 5) is 40.6. The second-order valence-corrected chi connectivity index (χ2v) is 8.41. The van der Waals surface area contributed by atoms with E-state index < -0.39 is 41.7 Å². The molecule has 3 aromatic rings. The van der Waals surface area contributed by atoms with Gasteiger partial charge in [-0.1, -0.05) is 30.3 Å². The molecule has 36 heavy (non-hydrogen) atoms. The van der Waals surface area contributed by atoms with Crippen molar-refractivity contribution in [1.29, 1.82) is 0 Å². The number of halogens is 3. The van der Waals surface area contributed by atoms with Crippen LogP contribution in [-0.2, 0) is 17.4 Å². The van der Waals surface area contributed by atoms with Crippen molar-refractivity contribution in [1.82, 2.24) is 20.7 Å². The van der Waals surface area contributed by atoms with E-state index in [1.165, 1.54) is 23.7 Å². The van der Waals surface area contributed by atoms with Crippen molar-refractivity contribution in [3.63, 3.8) is 0 Å². The molecule has 0 unspecified atom stereocenters. The van der Waals surface area contributed by atoms with Gasteiger partial charge in [0.2, 0.25) is 5.91 Å². The fourth-order valence-electron chi connectivity index (χ4n) is 4.24. The normalized spacial score (nSPS) is 17.7. The number of benzene rings is 2. The van der Waals surface area contributed by atoms with Crippen LogP contribution < -0.4 is 10.8 Å². The number of fused-ring (bicyclic) bond motifs is 1. The summed E-state index contributed by atoms with van der Waals surface area (Å²) in [5, 5.41) is 21.3. The van der Waals surface area contributed by atoms with Gasteiger partial charge in [-0.3, -0.25) is 14.8 Å². The largest absolute Gasteiger partial charge is 0.465 e. The van der Waals surface area contributed by atoms with E-state index in [1.54, 1.807) is 30.3 Å². The van der Waals surface area contributed by atoms with Gasteiger partial charge in [0.05, 0.1) is 17.5 Å². The van der Waals surface area contributed by atoms with Gasteiger partial charge in [-0.05, 0) is 41.8 Å². The fraction of sp³-hybridized carbons (Fsp3) is 0.250. The molecule has 12 heteroatoms. The minimum absolute atomic E-state index is 0.131. The molecule has 1 saturated heterocycles. The van der Waals surface area contributed by atoms with Gasteiger partial charge in [0.25, 0.3) is 5.91 Å². The Bertz CT molecular complexity index is 1310. The number of aromatic nitrogens is 1. The van der Waals surface area contributed by atoms with Crippen LogP contribution >= 0.6 is 0 Å². The average molecular weight is 502 g/mol. The van der Waals surface area contributed by atoms with Gasteiger partial charge >= 0.3 is 12.3 Å². The molecule has 0 bridgehead atoms. The number of carbonyl (C=O) groups excluding carboxylic acids is 2. The minimum atomic E-state index is -4.60. The number of nitrogens with zero attached hydrogens (tertiary/aromatic N) is 2. The Morgan fingerprint density at radius 1 is 1.06 bits per heavy atom. The summed E-state index contributed by atoms with van der Waals surface area (Å²) >= 11 is 0. The van der Waals surface area contributed by atoms with Gasteiger partial charge in [0.1, 0.15) is 5.69 Å². The lowest BCUT2D eigenvalue weighted by Crippen LogP contribution is -2.45. The van der Waals surface area contributed by atoms with Crippen molar-refractivity contribution in [2.75, 3.05) is 13.1 Å². The number of carbonyl (C=O) groups is 3. The summed E-state index contributed by atoms with van der Waals surface area (Å²) < 4.78 is 40.0. The van der Waals surface area contributed by atoms with E-state index in [-0.39, 0.29) is 30.6 Å². The number of hydroxylamine groups is 1. The van der Waals surface area contributed by atoms with Crippen molar-refractivity contribution in [2.45, 2.75) is 18.6 Å². The number of rotatable bonds is 5. The lowest BCUT2D eigenvalue weighted by atomic mass is 9.98. The molecule has 1 fully saturated rings. The topological polar surface area (TPSA) is 132 Å². The zero-order valence-corrected chi connectivity index (χ0v) is 18.6. The van der Waals surface area contributed by atoms with E-state index in [1.807, 2.05) is 0 Å². The number of para-hydroxylation sites is 1. The number of carboxylic acid groups (broad SMARTS) is 1. The van der Waals surface area contributed by atoms with Gasteiger partial charge in [-0.25, -0.2) is 15.3 Å². The molecule has 2 heterocycles. The number of pyridine rings is 1. The zero-order chi connectivity index (χ0) is 26.0. The third kappa shape index (κ3) is 5.23. The highest BCUT2D eigenvalue weighted by atomic mass is 19.4. The second-order valence-electron chi connectivity index (χ2n) is 8.41. The molecule has 1 aromatic heterocycles. The molecule has 1 aliphatic heterocycles. The minimum Gasteiger partial charge on any atom is -0.465 e. The van der Waals surface area contributed by atoms with E-state index in [4.69, 9.17) is 5.21 Å². The highest BCUT2D eigenvalue weighted by molar-refractivity contribution is 5.95. The van der Waals surface area contributed by atoms with Crippen molar-refractivity contribution in [2.24, 2.45) is 5.92 Å². The fourth-order valence-corrected chi connectivity index (χ4v) is 4.24. The molecule has 4 rings (SSSR count). The summed E-state index contributed by atoms with van der Waals surface area (Å²) in [5.41, 5.74) is 2.03. The molecule has 0 radical (unpaired) electrons. The Morgan fingerprint density at radius 2 is 1.75 bits per heavy atom. The molecule has 0 saturated carbocycles. The first kappa shape index (κ1) is 24.9. The standard InChI is InChI=1S/C24H21F3N4O5/c25-24(26,27)20-10-15(16-3-1-2-4-18(16)28-20)9-13-5-7-14(8-6-13)21(32)29-19-12-31(23(34)35)11-17(19)22(33)30-36/h1-8,10,17,19,36H,9,11-12H2,(H,29,32)(H,30,33)(H,34,35)/t17-,19+/m0/s1. The maximum atomic E-state index is 13.3. The van der Waals surface area contributed by atoms with Crippen molar-refractivity contribution < 1.29 is 37.9 Å². The second kappa shape index (κ2) is 9.82. The average Bonchev–Trinajstić information content (AvgIpc) is 3.27. The predicted octanol–water partition coefficient (Wildman–Crippen LogP) is 3.06. The summed E-state index contributed by atoms with van der Waals surface area (Å²) in [6.45, 7) is -0.320. The number of hydrogen-bond donors (Lipinski definition) is 4. The van der Waals surface area contributed by atoms with Crippen molar-refractivity contribution in [3.8, 4) is 0 Å². The molecule has 2 aromatic carbocycles. The molecule has 2 atom stereocenters. The molecule has 3 amide bonds. The van der Waals surface area contributed by atoms with Crippen LogP contribution in [-0.4, -0.2) is 57.2 Å². The summed E-state index contributed by atoms with van der Waals surface area (Å²) in [7, 11) is 0. The number of amides is 3. The number of nitrogens with one attached hydrogen (secondary N) is 2. The summed E-state index contributed by atoms with van der Waals surface area (Å²) in [5.74, 6) is -2.36. The quantitative estimate of drug-likeness (QED) is 0.313. The van der Waals surface area contributed by atoms with Gasteiger partial charge in [-0.15, -0.1) is 0 Å². The maximum Gasteiger partial charge on any atom is 0.433 e. The summed E-state index contributed by atoms with van der Waals surface area (Å²) in [6.07, 6.45) is -5.69. The van der Waals surface area contributed by atoms with Crippen LogP contribution in [0.25, 0.3) is 10.9 Å². The van der Waals surface area contributed by atoms with Crippen LogP contribution in [0.5, 0.6) is 0 Å². The van der Waals surface area contributed by atoms with Crippen LogP contribution in [0.1, 0.15) is 27.2 Å². The SMILES string of the molecule is O=C(N[C@@H]1CN(C(=O)O)C[C@@H]1C(=O)NO)c1ccc(Cc2cc(C(F)(F)F)nc3ccccc23)cc1. The predicted molar refractivity (Wildman–Crippen MR) is 120 cm³/mol. The molecule has 188 valence electrons. The third-order valence-corrected chi connectivity index (χ3v) is 6.06. The first-order valence-electron chi connectivity index (χ1n) is 10.8. The van der Waals surface area contributed by atoms with Gasteiger partial charge in [0, 0.05) is 24.0 Å². The Morgan fingerprint density at radius 3 is 2.39 bits per heavy atom. The van der Waals surface area contributed by atoms with Crippen molar-refractivity contribution >= 4 is 28.8 Å². The van der Waals surface area contributed by atoms with Crippen LogP contribution in [0.2, 0.25) is 0 Å². The molecule has 0 aliphatic carbocycles. The number of likely N-dealkylation sites (tertiary alicyclic amines) is 1. The van der Waals surface area contributed by atoms with Crippen LogP contribution in [0.4, 0.5) is 18.0 Å². The molecule has 4 N–H and O–H groups in total. The first-order valence-corrected chi connectivity index (χ1v) is 10.8. The Kier molecular flexibility index (Phi) is 6.80. The van der Waals surface area contributed by atoms with Gasteiger partial charge < -0.3 is 15.3 Å². The Balaban J connectivity index is 1.52. The number of alkyl halides is 3. The Labute approximate surface area is 202 Å². The highest BCUT2D eigenvalue weighted by Crippen LogP contribution is 2.31. The maximum absolute atomic E-state index is 13.3. The molecule has 0 spiro atoms. The monoisotopic (exact) mass is 502 g/mol. The third-order valence-electron chi connectivity index (χ3n) is 6.06. The Hall–Kier alpha value is -4.19. The molecular weight excluding hydrogens is 481 g/mol. The van der Waals surface area contributed by atoms with Crippen molar-refractivity contribution in [3.05, 3.63) is 77.0 Å². The van der Waals surface area contributed by atoms with E-state index in [0.29, 0.717) is 16.5 Å². The van der Waals surface area contributed by atoms with Gasteiger partial charge in [-0.2, -0.15) is 13.2 Å². The van der Waals surface area contributed by atoms with Crippen LogP contribution in [0, 0.1) is 5.92 Å². The lowest BCUT2D eigenvalue weighted by Gasteiger charge is -2.18. The van der Waals surface area contributed by atoms with E-state index >= 15 is 0 Å². The van der Waals surface area contributed by atoms with E-state index in [9.17, 15) is 32.7 Å². The van der Waals surface area contributed by atoms with Crippen LogP contribution in [0.3, 0.4) is 0 Å². The van der Waals surface area contributed by atoms with Crippen LogP contribution in [0.15, 0.2) is 54.6 Å². The number of hydrogen-bond acceptors (Lipinski definition) is 5. The summed E-state index contributed by atoms with van der Waals surface area (Å²) in [6, 6.07) is 12.9. The first-order chi connectivity index (χ1) is 17.1. The zero-order valence-electron chi connectivity index (χ0n) is 18.6. The molecular formula is C24H21F3N4O5.